The molecule has 18 heavy (non-hydrogen) atoms. The fourth-order valence-corrected chi connectivity index (χ4v) is 3.43. The summed E-state index contributed by atoms with van der Waals surface area (Å²) in [6.07, 6.45) is 9.62. The van der Waals surface area contributed by atoms with Gasteiger partial charge in [0.1, 0.15) is 0 Å². The molecule has 1 aromatic heterocycles. The molecule has 3 atom stereocenters. The summed E-state index contributed by atoms with van der Waals surface area (Å²) < 4.78 is 0. The highest BCUT2D eigenvalue weighted by Gasteiger charge is 2.38. The molecule has 2 heterocycles. The second kappa shape index (κ2) is 4.81. The van der Waals surface area contributed by atoms with Gasteiger partial charge >= 0.3 is 0 Å². The Morgan fingerprint density at radius 2 is 2.22 bits per heavy atom. The maximum Gasteiger partial charge on any atom is 0.181 e. The molecule has 1 N–H and O–H groups in total. The van der Waals surface area contributed by atoms with Crippen LogP contribution in [0.15, 0.2) is 18.5 Å². The first-order valence-electron chi connectivity index (χ1n) is 6.96. The molecule has 0 bridgehead atoms. The summed E-state index contributed by atoms with van der Waals surface area (Å²) >= 11 is 0. The lowest BCUT2D eigenvalue weighted by atomic mass is 9.84. The minimum Gasteiger partial charge on any atom is -0.304 e. The number of rotatable bonds is 2. The number of pyridine rings is 1. The van der Waals surface area contributed by atoms with Crippen LogP contribution < -0.4 is 5.32 Å². The van der Waals surface area contributed by atoms with Crippen LogP contribution in [0.3, 0.4) is 0 Å². The van der Waals surface area contributed by atoms with E-state index in [1.165, 1.54) is 25.7 Å². The average Bonchev–Trinajstić information content (AvgIpc) is 2.82. The summed E-state index contributed by atoms with van der Waals surface area (Å²) in [6.45, 7) is 1.98. The number of hydrogen-bond acceptors (Lipinski definition) is 3. The first-order chi connectivity index (χ1) is 8.75. The highest BCUT2D eigenvalue weighted by atomic mass is 16.1. The minimum atomic E-state index is 0.0148. The van der Waals surface area contributed by atoms with E-state index in [2.05, 4.69) is 10.3 Å². The van der Waals surface area contributed by atoms with Gasteiger partial charge in [0.05, 0.1) is 6.04 Å². The molecule has 0 radical (unpaired) electrons. The highest BCUT2D eigenvalue weighted by Crippen LogP contribution is 2.34. The largest absolute Gasteiger partial charge is 0.304 e. The van der Waals surface area contributed by atoms with Crippen molar-refractivity contribution in [3.05, 3.63) is 29.6 Å². The van der Waals surface area contributed by atoms with Crippen LogP contribution in [0, 0.1) is 12.8 Å². The van der Waals surface area contributed by atoms with Crippen molar-refractivity contribution in [2.45, 2.75) is 51.1 Å². The van der Waals surface area contributed by atoms with Gasteiger partial charge in [0.25, 0.3) is 0 Å². The molecule has 3 nitrogen and oxygen atoms in total. The van der Waals surface area contributed by atoms with E-state index in [4.69, 9.17) is 0 Å². The Balaban J connectivity index is 1.76. The molecule has 0 spiro atoms. The van der Waals surface area contributed by atoms with Crippen LogP contribution >= 0.6 is 0 Å². The van der Waals surface area contributed by atoms with Crippen LogP contribution in [-0.2, 0) is 0 Å². The van der Waals surface area contributed by atoms with Crippen LogP contribution in [-0.4, -0.2) is 22.9 Å². The summed E-state index contributed by atoms with van der Waals surface area (Å²) in [4.78, 5) is 16.6. The van der Waals surface area contributed by atoms with E-state index in [9.17, 15) is 4.79 Å². The maximum atomic E-state index is 12.5. The topological polar surface area (TPSA) is 42.0 Å². The third kappa shape index (κ3) is 2.07. The Kier molecular flexibility index (Phi) is 3.16. The zero-order chi connectivity index (χ0) is 12.5. The van der Waals surface area contributed by atoms with Gasteiger partial charge in [-0.05, 0) is 43.7 Å². The average molecular weight is 244 g/mol. The molecule has 3 unspecified atom stereocenters. The molecule has 2 aliphatic rings. The fourth-order valence-electron chi connectivity index (χ4n) is 3.43. The van der Waals surface area contributed by atoms with E-state index in [1.54, 1.807) is 12.4 Å². The number of nitrogens with one attached hydrogen (secondary N) is 1. The van der Waals surface area contributed by atoms with Gasteiger partial charge in [0.15, 0.2) is 5.78 Å². The summed E-state index contributed by atoms with van der Waals surface area (Å²) in [6, 6.07) is 2.50. The lowest BCUT2D eigenvalue weighted by molar-refractivity contribution is 0.0948. The number of nitrogens with zero attached hydrogens (tertiary/aromatic N) is 1. The van der Waals surface area contributed by atoms with Crippen molar-refractivity contribution in [1.82, 2.24) is 10.3 Å². The van der Waals surface area contributed by atoms with Crippen molar-refractivity contribution >= 4 is 5.78 Å². The predicted molar refractivity (Wildman–Crippen MR) is 70.6 cm³/mol. The van der Waals surface area contributed by atoms with Crippen molar-refractivity contribution in [2.24, 2.45) is 5.92 Å². The zero-order valence-electron chi connectivity index (χ0n) is 10.9. The van der Waals surface area contributed by atoms with Crippen molar-refractivity contribution < 1.29 is 4.79 Å². The smallest absolute Gasteiger partial charge is 0.181 e. The number of fused-ring (bicyclic) bond motifs is 1. The number of carbonyl (C=O) groups excluding carboxylic acids is 1. The second-order valence-corrected chi connectivity index (χ2v) is 5.66. The predicted octanol–water partition coefficient (Wildman–Crippen LogP) is 2.49. The molecule has 3 heteroatoms. The number of Topliss-reactive ketones (excluding diaryl/α,β-unsaturated/α-hetero) is 1. The fraction of sp³-hybridized carbons (Fsp3) is 0.600. The molecule has 1 aliphatic carbocycles. The van der Waals surface area contributed by atoms with Crippen LogP contribution in [0.1, 0.15) is 48.0 Å². The summed E-state index contributed by atoms with van der Waals surface area (Å²) in [5.41, 5.74) is 1.82. The van der Waals surface area contributed by atoms with Gasteiger partial charge in [0, 0.05) is 24.0 Å². The highest BCUT2D eigenvalue weighted by molar-refractivity contribution is 6.01. The molecule has 0 amide bonds. The Bertz CT molecular complexity index is 444. The standard InChI is InChI=1S/C15H20N2O/c1-10-6-7-16-9-12(10)15(18)14-8-11-4-2-3-5-13(11)17-14/h6-7,9,11,13-14,17H,2-5,8H2,1H3. The lowest BCUT2D eigenvalue weighted by Gasteiger charge is -2.24. The molecule has 2 fully saturated rings. The van der Waals surface area contributed by atoms with Gasteiger partial charge in [-0.3, -0.25) is 9.78 Å². The van der Waals surface area contributed by atoms with E-state index in [-0.39, 0.29) is 11.8 Å². The van der Waals surface area contributed by atoms with Crippen molar-refractivity contribution in [3.8, 4) is 0 Å². The number of aryl methyl sites for hydroxylation is 1. The first kappa shape index (κ1) is 11.8. The van der Waals surface area contributed by atoms with E-state index >= 15 is 0 Å². The van der Waals surface area contributed by atoms with Crippen molar-refractivity contribution in [2.75, 3.05) is 0 Å². The molecular weight excluding hydrogens is 224 g/mol. The molecule has 3 rings (SSSR count). The van der Waals surface area contributed by atoms with E-state index in [0.29, 0.717) is 12.0 Å². The van der Waals surface area contributed by atoms with E-state index in [0.717, 1.165) is 17.5 Å². The van der Waals surface area contributed by atoms with Crippen LogP contribution in [0.2, 0.25) is 0 Å². The molecule has 1 saturated carbocycles. The number of aromatic nitrogens is 1. The van der Waals surface area contributed by atoms with Gasteiger partial charge in [-0.25, -0.2) is 0 Å². The summed E-state index contributed by atoms with van der Waals surface area (Å²) in [5.74, 6) is 0.944. The first-order valence-corrected chi connectivity index (χ1v) is 6.96. The van der Waals surface area contributed by atoms with Gasteiger partial charge in [-0.2, -0.15) is 0 Å². The summed E-state index contributed by atoms with van der Waals surface area (Å²) in [5, 5.41) is 3.54. The monoisotopic (exact) mass is 244 g/mol. The maximum absolute atomic E-state index is 12.5. The normalized spacial score (nSPS) is 31.1. The third-order valence-corrected chi connectivity index (χ3v) is 4.48. The van der Waals surface area contributed by atoms with Gasteiger partial charge in [-0.15, -0.1) is 0 Å². The van der Waals surface area contributed by atoms with Gasteiger partial charge in [-0.1, -0.05) is 12.8 Å². The van der Waals surface area contributed by atoms with Crippen LogP contribution in [0.25, 0.3) is 0 Å². The molecular formula is C15H20N2O. The third-order valence-electron chi connectivity index (χ3n) is 4.48. The van der Waals surface area contributed by atoms with Crippen LogP contribution in [0.5, 0.6) is 0 Å². The van der Waals surface area contributed by atoms with Gasteiger partial charge < -0.3 is 5.32 Å². The Morgan fingerprint density at radius 1 is 1.39 bits per heavy atom. The molecule has 1 aliphatic heterocycles. The quantitative estimate of drug-likeness (QED) is 0.813. The molecule has 1 saturated heterocycles. The number of carbonyl (C=O) groups is 1. The summed E-state index contributed by atoms with van der Waals surface area (Å²) in [7, 11) is 0. The Labute approximate surface area is 108 Å². The molecule has 96 valence electrons. The van der Waals surface area contributed by atoms with Crippen LogP contribution in [0.4, 0.5) is 0 Å². The lowest BCUT2D eigenvalue weighted by Crippen LogP contribution is -2.37. The van der Waals surface area contributed by atoms with Gasteiger partial charge in [0.2, 0.25) is 0 Å². The Hall–Kier alpha value is -1.22. The molecule has 0 aromatic carbocycles. The second-order valence-electron chi connectivity index (χ2n) is 5.66. The number of ketones is 1. The Morgan fingerprint density at radius 3 is 3.00 bits per heavy atom. The van der Waals surface area contributed by atoms with E-state index in [1.807, 2.05) is 13.0 Å². The SMILES string of the molecule is Cc1ccncc1C(=O)C1CC2CCCCC2N1. The van der Waals surface area contributed by atoms with Crippen molar-refractivity contribution in [3.63, 3.8) is 0 Å². The van der Waals surface area contributed by atoms with E-state index < -0.39 is 0 Å². The number of hydrogen-bond donors (Lipinski definition) is 1. The minimum absolute atomic E-state index is 0.0148. The zero-order valence-corrected chi connectivity index (χ0v) is 10.9. The van der Waals surface area contributed by atoms with Crippen molar-refractivity contribution in [1.29, 1.82) is 0 Å². The molecule has 1 aromatic rings.